The molecular weight excluding hydrogens is 384 g/mol. The van der Waals surface area contributed by atoms with Gasteiger partial charge >= 0.3 is 0 Å². The standard InChI is InChI=1S/C22H27ClN6/c1-22(14-24)5-9-28(10-6-22)21-18-13-27-20(29(18)11-8-26-21)16-4-7-25-17(19(16)23)12-15-2-3-15/h4,7-8,11,13,15H,2-3,5-6,9-10,12,14,24H2,1H3. The molecular formula is C22H27ClN6. The molecule has 29 heavy (non-hydrogen) atoms. The number of fused-ring (bicyclic) bond motifs is 1. The monoisotopic (exact) mass is 410 g/mol. The van der Waals surface area contributed by atoms with Crippen LogP contribution < -0.4 is 10.6 Å². The first-order chi connectivity index (χ1) is 14.1. The van der Waals surface area contributed by atoms with Crippen molar-refractivity contribution in [3.63, 3.8) is 0 Å². The van der Waals surface area contributed by atoms with Gasteiger partial charge in [0.1, 0.15) is 11.3 Å². The first-order valence-corrected chi connectivity index (χ1v) is 10.9. The van der Waals surface area contributed by atoms with Gasteiger partial charge in [-0.1, -0.05) is 18.5 Å². The van der Waals surface area contributed by atoms with Crippen molar-refractivity contribution in [1.82, 2.24) is 19.4 Å². The number of imidazole rings is 1. The molecule has 0 bridgehead atoms. The second-order valence-corrected chi connectivity index (χ2v) is 9.23. The fourth-order valence-corrected chi connectivity index (χ4v) is 4.49. The number of hydrogen-bond acceptors (Lipinski definition) is 5. The van der Waals surface area contributed by atoms with Crippen LogP contribution in [0.5, 0.6) is 0 Å². The number of aromatic nitrogens is 4. The van der Waals surface area contributed by atoms with Gasteiger partial charge in [-0.2, -0.15) is 0 Å². The van der Waals surface area contributed by atoms with Crippen molar-refractivity contribution < 1.29 is 0 Å². The lowest BCUT2D eigenvalue weighted by Gasteiger charge is -2.39. The molecule has 1 saturated carbocycles. The molecule has 0 radical (unpaired) electrons. The average molecular weight is 411 g/mol. The van der Waals surface area contributed by atoms with Crippen LogP contribution in [0.2, 0.25) is 5.02 Å². The number of hydrogen-bond donors (Lipinski definition) is 1. The Morgan fingerprint density at radius 3 is 2.69 bits per heavy atom. The van der Waals surface area contributed by atoms with Crippen molar-refractivity contribution in [1.29, 1.82) is 0 Å². The van der Waals surface area contributed by atoms with Gasteiger partial charge < -0.3 is 10.6 Å². The molecule has 1 aliphatic heterocycles. The van der Waals surface area contributed by atoms with E-state index in [0.29, 0.717) is 0 Å². The van der Waals surface area contributed by atoms with Crippen LogP contribution >= 0.6 is 11.6 Å². The average Bonchev–Trinajstić information content (AvgIpc) is 3.46. The lowest BCUT2D eigenvalue weighted by atomic mass is 9.80. The van der Waals surface area contributed by atoms with E-state index in [1.54, 1.807) is 0 Å². The maximum Gasteiger partial charge on any atom is 0.154 e. The third-order valence-electron chi connectivity index (χ3n) is 6.58. The van der Waals surface area contributed by atoms with E-state index in [4.69, 9.17) is 22.3 Å². The Morgan fingerprint density at radius 2 is 1.97 bits per heavy atom. The maximum absolute atomic E-state index is 6.75. The normalized spacial score (nSPS) is 19.1. The smallest absolute Gasteiger partial charge is 0.154 e. The molecule has 2 fully saturated rings. The molecule has 5 rings (SSSR count). The topological polar surface area (TPSA) is 72.3 Å². The predicted molar refractivity (Wildman–Crippen MR) is 116 cm³/mol. The first kappa shape index (κ1) is 18.8. The highest BCUT2D eigenvalue weighted by Gasteiger charge is 2.30. The first-order valence-electron chi connectivity index (χ1n) is 10.5. The minimum atomic E-state index is 0.232. The second-order valence-electron chi connectivity index (χ2n) is 8.86. The highest BCUT2D eigenvalue weighted by molar-refractivity contribution is 6.33. The van der Waals surface area contributed by atoms with Gasteiger partial charge in [0.05, 0.1) is 16.9 Å². The van der Waals surface area contributed by atoms with Gasteiger partial charge in [0.25, 0.3) is 0 Å². The molecule has 2 aliphatic rings. The van der Waals surface area contributed by atoms with Crippen LogP contribution in [0.4, 0.5) is 5.82 Å². The molecule has 0 spiro atoms. The van der Waals surface area contributed by atoms with Gasteiger partial charge in [-0.25, -0.2) is 9.97 Å². The lowest BCUT2D eigenvalue weighted by molar-refractivity contribution is 0.258. The SMILES string of the molecule is CC1(CN)CCN(c2nccn3c(-c4ccnc(CC5CC5)c4Cl)ncc23)CC1. The summed E-state index contributed by atoms with van der Waals surface area (Å²) in [5.41, 5.74) is 9.13. The van der Waals surface area contributed by atoms with E-state index < -0.39 is 0 Å². The van der Waals surface area contributed by atoms with Crippen molar-refractivity contribution in [2.45, 2.75) is 39.0 Å². The van der Waals surface area contributed by atoms with Crippen LogP contribution in [0.15, 0.2) is 30.9 Å². The summed E-state index contributed by atoms with van der Waals surface area (Å²) in [4.78, 5) is 16.3. The lowest BCUT2D eigenvalue weighted by Crippen LogP contribution is -2.42. The Hall–Kier alpha value is -2.18. The van der Waals surface area contributed by atoms with E-state index in [1.807, 2.05) is 30.9 Å². The van der Waals surface area contributed by atoms with E-state index in [0.717, 1.165) is 78.3 Å². The van der Waals surface area contributed by atoms with E-state index in [1.165, 1.54) is 12.8 Å². The number of nitrogens with two attached hydrogens (primary N) is 1. The molecule has 6 nitrogen and oxygen atoms in total. The van der Waals surface area contributed by atoms with E-state index in [-0.39, 0.29) is 5.41 Å². The quantitative estimate of drug-likeness (QED) is 0.689. The van der Waals surface area contributed by atoms with Crippen LogP contribution in [0.3, 0.4) is 0 Å². The fraction of sp³-hybridized carbons (Fsp3) is 0.500. The number of rotatable bonds is 5. The molecule has 0 amide bonds. The third-order valence-corrected chi connectivity index (χ3v) is 7.00. The molecule has 1 saturated heterocycles. The number of nitrogens with zero attached hydrogens (tertiary/aromatic N) is 5. The zero-order valence-electron chi connectivity index (χ0n) is 16.8. The molecule has 3 aromatic heterocycles. The summed E-state index contributed by atoms with van der Waals surface area (Å²) in [5.74, 6) is 2.56. The zero-order valence-corrected chi connectivity index (χ0v) is 17.6. The molecule has 4 heterocycles. The van der Waals surface area contributed by atoms with Crippen LogP contribution in [-0.4, -0.2) is 39.0 Å². The summed E-state index contributed by atoms with van der Waals surface area (Å²) in [7, 11) is 0. The summed E-state index contributed by atoms with van der Waals surface area (Å²) >= 11 is 6.75. The Bertz CT molecular complexity index is 1030. The molecule has 0 unspecified atom stereocenters. The molecule has 0 aromatic carbocycles. The van der Waals surface area contributed by atoms with Gasteiger partial charge in [0, 0.05) is 37.2 Å². The Balaban J connectivity index is 1.50. The summed E-state index contributed by atoms with van der Waals surface area (Å²) in [6.45, 7) is 4.93. The van der Waals surface area contributed by atoms with E-state index in [9.17, 15) is 0 Å². The van der Waals surface area contributed by atoms with E-state index >= 15 is 0 Å². The number of anilines is 1. The second kappa shape index (κ2) is 7.26. The maximum atomic E-state index is 6.75. The van der Waals surface area contributed by atoms with Crippen molar-refractivity contribution in [3.05, 3.63) is 41.6 Å². The Kier molecular flexibility index (Phi) is 4.71. The van der Waals surface area contributed by atoms with Crippen molar-refractivity contribution in [2.24, 2.45) is 17.1 Å². The van der Waals surface area contributed by atoms with Crippen molar-refractivity contribution in [2.75, 3.05) is 24.5 Å². The third kappa shape index (κ3) is 3.49. The molecule has 152 valence electrons. The Morgan fingerprint density at radius 1 is 1.17 bits per heavy atom. The van der Waals surface area contributed by atoms with Crippen LogP contribution in [0, 0.1) is 11.3 Å². The van der Waals surface area contributed by atoms with Gasteiger partial charge in [0.2, 0.25) is 0 Å². The fourth-order valence-electron chi connectivity index (χ4n) is 4.22. The van der Waals surface area contributed by atoms with Gasteiger partial charge in [-0.3, -0.25) is 9.38 Å². The van der Waals surface area contributed by atoms with Gasteiger partial charge in [0.15, 0.2) is 5.82 Å². The summed E-state index contributed by atoms with van der Waals surface area (Å²) in [6, 6.07) is 1.96. The summed E-state index contributed by atoms with van der Waals surface area (Å²) < 4.78 is 2.10. The highest BCUT2D eigenvalue weighted by atomic mass is 35.5. The Labute approximate surface area is 176 Å². The zero-order chi connectivity index (χ0) is 20.0. The van der Waals surface area contributed by atoms with Crippen LogP contribution in [0.1, 0.15) is 38.3 Å². The summed E-state index contributed by atoms with van der Waals surface area (Å²) in [6.07, 6.45) is 13.2. The minimum Gasteiger partial charge on any atom is -0.355 e. The highest BCUT2D eigenvalue weighted by Crippen LogP contribution is 2.37. The molecule has 3 aromatic rings. The minimum absolute atomic E-state index is 0.232. The van der Waals surface area contributed by atoms with Crippen molar-refractivity contribution >= 4 is 22.9 Å². The number of halogens is 1. The van der Waals surface area contributed by atoms with Crippen LogP contribution in [-0.2, 0) is 6.42 Å². The molecule has 0 atom stereocenters. The molecule has 1 aliphatic carbocycles. The molecule has 7 heteroatoms. The largest absolute Gasteiger partial charge is 0.355 e. The number of piperidine rings is 1. The number of pyridine rings is 1. The van der Waals surface area contributed by atoms with Gasteiger partial charge in [-0.05, 0) is 56.0 Å². The summed E-state index contributed by atoms with van der Waals surface area (Å²) in [5, 5.41) is 0.724. The van der Waals surface area contributed by atoms with Crippen LogP contribution in [0.25, 0.3) is 16.9 Å². The van der Waals surface area contributed by atoms with Crippen molar-refractivity contribution in [3.8, 4) is 11.4 Å². The molecule has 2 N–H and O–H groups in total. The van der Waals surface area contributed by atoms with Gasteiger partial charge in [-0.15, -0.1) is 0 Å². The van der Waals surface area contributed by atoms with E-state index in [2.05, 4.69) is 26.2 Å². The predicted octanol–water partition coefficient (Wildman–Crippen LogP) is 3.96.